The lowest BCUT2D eigenvalue weighted by atomic mass is 10.3. The van der Waals surface area contributed by atoms with Gasteiger partial charge in [0.15, 0.2) is 5.69 Å². The van der Waals surface area contributed by atoms with Crippen molar-refractivity contribution in [1.29, 1.82) is 0 Å². The first kappa shape index (κ1) is 11.0. The summed E-state index contributed by atoms with van der Waals surface area (Å²) in [4.78, 5) is 13.3. The van der Waals surface area contributed by atoms with E-state index in [2.05, 4.69) is 15.5 Å². The van der Waals surface area contributed by atoms with Crippen LogP contribution in [0.2, 0.25) is 0 Å². The number of rotatable bonds is 4. The average molecular weight is 242 g/mol. The Kier molecular flexibility index (Phi) is 2.80. The van der Waals surface area contributed by atoms with Crippen LogP contribution >= 0.6 is 0 Å². The van der Waals surface area contributed by atoms with Crippen LogP contribution in [0.5, 0.6) is 0 Å². The van der Waals surface area contributed by atoms with E-state index in [0.29, 0.717) is 11.6 Å². The van der Waals surface area contributed by atoms with Crippen molar-refractivity contribution in [3.05, 3.63) is 42.2 Å². The minimum absolute atomic E-state index is 0.149. The first-order valence-electron chi connectivity index (χ1n) is 6.09. The van der Waals surface area contributed by atoms with E-state index < -0.39 is 0 Å². The molecule has 1 amide bonds. The van der Waals surface area contributed by atoms with E-state index in [-0.39, 0.29) is 5.91 Å². The van der Waals surface area contributed by atoms with E-state index in [1.807, 2.05) is 30.3 Å². The molecular formula is C13H14N4O. The largest absolute Gasteiger partial charge is 0.350 e. The zero-order valence-corrected chi connectivity index (χ0v) is 9.91. The highest BCUT2D eigenvalue weighted by Crippen LogP contribution is 2.27. The fourth-order valence-electron chi connectivity index (χ4n) is 1.70. The van der Waals surface area contributed by atoms with Gasteiger partial charge in [0, 0.05) is 6.54 Å². The number of carbonyl (C=O) groups is 1. The van der Waals surface area contributed by atoms with Crippen LogP contribution in [-0.4, -0.2) is 27.4 Å². The van der Waals surface area contributed by atoms with E-state index in [1.165, 1.54) is 23.8 Å². The zero-order valence-electron chi connectivity index (χ0n) is 9.91. The van der Waals surface area contributed by atoms with Gasteiger partial charge in [-0.15, -0.1) is 5.10 Å². The summed E-state index contributed by atoms with van der Waals surface area (Å²) < 4.78 is 0. The molecule has 1 saturated carbocycles. The van der Waals surface area contributed by atoms with Gasteiger partial charge in [0.25, 0.3) is 5.91 Å². The van der Waals surface area contributed by atoms with Crippen LogP contribution in [0, 0.1) is 5.92 Å². The van der Waals surface area contributed by atoms with Crippen molar-refractivity contribution in [2.24, 2.45) is 5.92 Å². The summed E-state index contributed by atoms with van der Waals surface area (Å²) in [5.74, 6) is 0.516. The third-order valence-corrected chi connectivity index (χ3v) is 2.96. The maximum absolute atomic E-state index is 11.8. The summed E-state index contributed by atoms with van der Waals surface area (Å²) in [5.41, 5.74) is 1.21. The van der Waals surface area contributed by atoms with Gasteiger partial charge in [0.05, 0.1) is 11.9 Å². The van der Waals surface area contributed by atoms with Crippen molar-refractivity contribution >= 4 is 5.91 Å². The molecule has 0 bridgehead atoms. The molecule has 1 heterocycles. The van der Waals surface area contributed by atoms with Crippen molar-refractivity contribution in [1.82, 2.24) is 20.3 Å². The molecule has 1 N–H and O–H groups in total. The number of nitrogens with one attached hydrogen (secondary N) is 1. The number of aromatic nitrogens is 3. The SMILES string of the molecule is O=C(NCC1CC1)c1cnn(-c2ccccc2)n1. The van der Waals surface area contributed by atoms with Crippen molar-refractivity contribution in [2.75, 3.05) is 6.54 Å². The predicted octanol–water partition coefficient (Wildman–Crippen LogP) is 1.41. The number of nitrogens with zero attached hydrogens (tertiary/aromatic N) is 3. The Hall–Kier alpha value is -2.17. The Labute approximate surface area is 105 Å². The molecule has 1 aliphatic carbocycles. The number of hydrogen-bond donors (Lipinski definition) is 1. The molecule has 0 saturated heterocycles. The Bertz CT molecular complexity index is 545. The minimum atomic E-state index is -0.149. The van der Waals surface area contributed by atoms with Gasteiger partial charge in [-0.1, -0.05) is 18.2 Å². The predicted molar refractivity (Wildman–Crippen MR) is 66.4 cm³/mol. The maximum atomic E-state index is 11.8. The van der Waals surface area contributed by atoms with Crippen LogP contribution in [0.4, 0.5) is 0 Å². The molecule has 0 atom stereocenters. The quantitative estimate of drug-likeness (QED) is 0.881. The Morgan fingerprint density at radius 2 is 2.11 bits per heavy atom. The molecule has 1 aromatic heterocycles. The molecule has 0 spiro atoms. The third kappa shape index (κ3) is 2.40. The summed E-state index contributed by atoms with van der Waals surface area (Å²) in [7, 11) is 0. The molecule has 3 rings (SSSR count). The topological polar surface area (TPSA) is 59.8 Å². The zero-order chi connectivity index (χ0) is 12.4. The average Bonchev–Trinajstić information content (AvgIpc) is 3.11. The summed E-state index contributed by atoms with van der Waals surface area (Å²) in [6.45, 7) is 0.747. The molecule has 1 aliphatic rings. The lowest BCUT2D eigenvalue weighted by Crippen LogP contribution is -2.26. The van der Waals surface area contributed by atoms with E-state index in [9.17, 15) is 4.79 Å². The Morgan fingerprint density at radius 1 is 1.33 bits per heavy atom. The van der Waals surface area contributed by atoms with Gasteiger partial charge in [-0.3, -0.25) is 4.79 Å². The first-order valence-corrected chi connectivity index (χ1v) is 6.09. The smallest absolute Gasteiger partial charge is 0.273 e. The number of para-hydroxylation sites is 1. The van der Waals surface area contributed by atoms with Gasteiger partial charge >= 0.3 is 0 Å². The monoisotopic (exact) mass is 242 g/mol. The van der Waals surface area contributed by atoms with Gasteiger partial charge in [0.2, 0.25) is 0 Å². The molecule has 0 unspecified atom stereocenters. The maximum Gasteiger partial charge on any atom is 0.273 e. The van der Waals surface area contributed by atoms with Gasteiger partial charge in [-0.25, -0.2) is 0 Å². The molecule has 1 fully saturated rings. The highest BCUT2D eigenvalue weighted by molar-refractivity contribution is 5.91. The summed E-state index contributed by atoms with van der Waals surface area (Å²) >= 11 is 0. The molecule has 1 aromatic carbocycles. The highest BCUT2D eigenvalue weighted by atomic mass is 16.2. The van der Waals surface area contributed by atoms with Gasteiger partial charge in [-0.05, 0) is 30.9 Å². The summed E-state index contributed by atoms with van der Waals surface area (Å²) in [6.07, 6.45) is 3.93. The van der Waals surface area contributed by atoms with E-state index >= 15 is 0 Å². The van der Waals surface area contributed by atoms with Crippen molar-refractivity contribution in [3.63, 3.8) is 0 Å². The van der Waals surface area contributed by atoms with E-state index in [1.54, 1.807) is 0 Å². The van der Waals surface area contributed by atoms with E-state index in [4.69, 9.17) is 0 Å². The van der Waals surface area contributed by atoms with Crippen molar-refractivity contribution < 1.29 is 4.79 Å². The van der Waals surface area contributed by atoms with E-state index in [0.717, 1.165) is 12.2 Å². The van der Waals surface area contributed by atoms with Crippen molar-refractivity contribution in [2.45, 2.75) is 12.8 Å². The lowest BCUT2D eigenvalue weighted by Gasteiger charge is -2.00. The van der Waals surface area contributed by atoms with Gasteiger partial charge in [-0.2, -0.15) is 9.90 Å². The molecule has 18 heavy (non-hydrogen) atoms. The third-order valence-electron chi connectivity index (χ3n) is 2.96. The van der Waals surface area contributed by atoms with Crippen LogP contribution in [0.3, 0.4) is 0 Å². The fraction of sp³-hybridized carbons (Fsp3) is 0.308. The lowest BCUT2D eigenvalue weighted by molar-refractivity contribution is 0.0946. The molecular weight excluding hydrogens is 228 g/mol. The molecule has 0 aliphatic heterocycles. The second kappa shape index (κ2) is 4.60. The number of hydrogen-bond acceptors (Lipinski definition) is 3. The minimum Gasteiger partial charge on any atom is -0.350 e. The van der Waals surface area contributed by atoms with Crippen molar-refractivity contribution in [3.8, 4) is 5.69 Å². The normalized spacial score (nSPS) is 14.4. The van der Waals surface area contributed by atoms with Crippen LogP contribution in [-0.2, 0) is 0 Å². The second-order valence-electron chi connectivity index (χ2n) is 4.51. The number of amides is 1. The molecule has 2 aromatic rings. The van der Waals surface area contributed by atoms with Gasteiger partial charge < -0.3 is 5.32 Å². The van der Waals surface area contributed by atoms with Crippen LogP contribution in [0.1, 0.15) is 23.3 Å². The summed E-state index contributed by atoms with van der Waals surface area (Å²) in [5, 5.41) is 11.1. The second-order valence-corrected chi connectivity index (χ2v) is 4.51. The molecule has 5 nitrogen and oxygen atoms in total. The molecule has 92 valence electrons. The highest BCUT2D eigenvalue weighted by Gasteiger charge is 2.22. The molecule has 0 radical (unpaired) electrons. The van der Waals surface area contributed by atoms with Crippen LogP contribution in [0.25, 0.3) is 5.69 Å². The Morgan fingerprint density at radius 3 is 2.83 bits per heavy atom. The first-order chi connectivity index (χ1) is 8.83. The fourth-order valence-corrected chi connectivity index (χ4v) is 1.70. The molecule has 5 heteroatoms. The number of benzene rings is 1. The summed E-state index contributed by atoms with van der Waals surface area (Å²) in [6, 6.07) is 9.53. The van der Waals surface area contributed by atoms with Crippen LogP contribution in [0.15, 0.2) is 36.5 Å². The standard InChI is InChI=1S/C13H14N4O/c18-13(14-8-10-6-7-10)12-9-15-17(16-12)11-4-2-1-3-5-11/h1-5,9-10H,6-8H2,(H,14,18). The number of carbonyl (C=O) groups excluding carboxylic acids is 1. The van der Waals surface area contributed by atoms with Crippen LogP contribution < -0.4 is 5.32 Å². The van der Waals surface area contributed by atoms with Gasteiger partial charge in [0.1, 0.15) is 0 Å². The Balaban J connectivity index is 1.70.